The van der Waals surface area contributed by atoms with Gasteiger partial charge in [0, 0.05) is 19.6 Å². The Morgan fingerprint density at radius 3 is 2.60 bits per heavy atom. The third kappa shape index (κ3) is 4.86. The minimum Gasteiger partial charge on any atom is -0.497 e. The van der Waals surface area contributed by atoms with Gasteiger partial charge in [0.15, 0.2) is 0 Å². The number of nitrogens with zero attached hydrogens (tertiary/aromatic N) is 2. The number of morpholine rings is 1. The summed E-state index contributed by atoms with van der Waals surface area (Å²) in [6.07, 6.45) is 2.98. The first-order valence-corrected chi connectivity index (χ1v) is 9.15. The summed E-state index contributed by atoms with van der Waals surface area (Å²) in [5.41, 5.74) is 0. The average Bonchev–Trinajstić information content (AvgIpc) is 3.14. The first-order valence-electron chi connectivity index (χ1n) is 9.15. The number of likely N-dealkylation sites (tertiary alicyclic amines) is 1. The number of carbonyl (C=O) groups excluding carboxylic acids is 1. The summed E-state index contributed by atoms with van der Waals surface area (Å²) in [4.78, 5) is 17.0. The maximum atomic E-state index is 12.7. The molecule has 2 fully saturated rings. The molecule has 0 saturated carbocycles. The normalized spacial score (nSPS) is 21.3. The van der Waals surface area contributed by atoms with Crippen LogP contribution in [0.1, 0.15) is 19.3 Å². The molecular formula is C19H28N2O4. The van der Waals surface area contributed by atoms with E-state index < -0.39 is 0 Å². The first-order chi connectivity index (χ1) is 12.3. The van der Waals surface area contributed by atoms with Gasteiger partial charge in [-0.15, -0.1) is 0 Å². The molecule has 25 heavy (non-hydrogen) atoms. The monoisotopic (exact) mass is 348 g/mol. The molecule has 2 heterocycles. The molecule has 0 radical (unpaired) electrons. The van der Waals surface area contributed by atoms with Crippen LogP contribution in [0.4, 0.5) is 0 Å². The first kappa shape index (κ1) is 18.0. The van der Waals surface area contributed by atoms with Gasteiger partial charge >= 0.3 is 0 Å². The van der Waals surface area contributed by atoms with Crippen molar-refractivity contribution >= 4 is 5.91 Å². The molecule has 0 aliphatic carbocycles. The molecule has 1 amide bonds. The highest BCUT2D eigenvalue weighted by atomic mass is 16.5. The Kier molecular flexibility index (Phi) is 6.53. The fraction of sp³-hybridized carbons (Fsp3) is 0.632. The SMILES string of the molecule is COc1ccc(OCCCN2CCCC2C(=O)N2CCOCC2)cc1. The van der Waals surface area contributed by atoms with Crippen LogP contribution in [0.2, 0.25) is 0 Å². The maximum absolute atomic E-state index is 12.7. The Morgan fingerprint density at radius 1 is 1.16 bits per heavy atom. The third-order valence-electron chi connectivity index (χ3n) is 4.89. The largest absolute Gasteiger partial charge is 0.497 e. The van der Waals surface area contributed by atoms with Gasteiger partial charge in [-0.25, -0.2) is 0 Å². The van der Waals surface area contributed by atoms with Crippen molar-refractivity contribution in [2.75, 3.05) is 53.1 Å². The second-order valence-electron chi connectivity index (χ2n) is 6.51. The molecule has 0 spiro atoms. The van der Waals surface area contributed by atoms with Gasteiger partial charge < -0.3 is 19.1 Å². The predicted molar refractivity (Wildman–Crippen MR) is 95.1 cm³/mol. The Hall–Kier alpha value is -1.79. The van der Waals surface area contributed by atoms with Crippen LogP contribution in [0.15, 0.2) is 24.3 Å². The van der Waals surface area contributed by atoms with Crippen LogP contribution >= 0.6 is 0 Å². The van der Waals surface area contributed by atoms with Gasteiger partial charge in [-0.05, 0) is 50.1 Å². The van der Waals surface area contributed by atoms with Gasteiger partial charge in [-0.2, -0.15) is 0 Å². The van der Waals surface area contributed by atoms with E-state index in [4.69, 9.17) is 14.2 Å². The lowest BCUT2D eigenvalue weighted by Crippen LogP contribution is -2.49. The lowest BCUT2D eigenvalue weighted by molar-refractivity contribution is -0.140. The van der Waals surface area contributed by atoms with Crippen molar-refractivity contribution in [3.05, 3.63) is 24.3 Å². The molecule has 0 aromatic heterocycles. The summed E-state index contributed by atoms with van der Waals surface area (Å²) < 4.78 is 16.3. The molecule has 2 saturated heterocycles. The van der Waals surface area contributed by atoms with Crippen molar-refractivity contribution in [2.45, 2.75) is 25.3 Å². The van der Waals surface area contributed by atoms with E-state index in [1.807, 2.05) is 29.2 Å². The highest BCUT2D eigenvalue weighted by molar-refractivity contribution is 5.82. The number of ether oxygens (including phenoxy) is 3. The Labute approximate surface area is 149 Å². The maximum Gasteiger partial charge on any atom is 0.240 e. The molecule has 1 aromatic carbocycles. The van der Waals surface area contributed by atoms with E-state index >= 15 is 0 Å². The van der Waals surface area contributed by atoms with Crippen molar-refractivity contribution in [3.8, 4) is 11.5 Å². The van der Waals surface area contributed by atoms with Crippen molar-refractivity contribution < 1.29 is 19.0 Å². The minimum absolute atomic E-state index is 0.0408. The summed E-state index contributed by atoms with van der Waals surface area (Å²) in [6, 6.07) is 7.66. The zero-order valence-electron chi connectivity index (χ0n) is 15.0. The second-order valence-corrected chi connectivity index (χ2v) is 6.51. The van der Waals surface area contributed by atoms with Crippen LogP contribution in [-0.4, -0.2) is 74.9 Å². The summed E-state index contributed by atoms with van der Waals surface area (Å²) in [5.74, 6) is 1.95. The quantitative estimate of drug-likeness (QED) is 0.703. The van der Waals surface area contributed by atoms with Crippen LogP contribution in [0.3, 0.4) is 0 Å². The number of carbonyl (C=O) groups is 1. The van der Waals surface area contributed by atoms with E-state index in [1.165, 1.54) is 0 Å². The number of amides is 1. The van der Waals surface area contributed by atoms with E-state index in [9.17, 15) is 4.79 Å². The predicted octanol–water partition coefficient (Wildman–Crippen LogP) is 1.79. The van der Waals surface area contributed by atoms with E-state index in [0.717, 1.165) is 56.9 Å². The number of methoxy groups -OCH3 is 1. The molecule has 0 bridgehead atoms. The Bertz CT molecular complexity index is 543. The van der Waals surface area contributed by atoms with Gasteiger partial charge in [0.05, 0.1) is 33.0 Å². The van der Waals surface area contributed by atoms with E-state index in [-0.39, 0.29) is 11.9 Å². The van der Waals surface area contributed by atoms with Crippen LogP contribution in [-0.2, 0) is 9.53 Å². The van der Waals surface area contributed by atoms with E-state index in [0.29, 0.717) is 19.8 Å². The zero-order valence-corrected chi connectivity index (χ0v) is 15.0. The fourth-order valence-corrected chi connectivity index (χ4v) is 3.50. The lowest BCUT2D eigenvalue weighted by Gasteiger charge is -2.32. The third-order valence-corrected chi connectivity index (χ3v) is 4.89. The van der Waals surface area contributed by atoms with Gasteiger partial charge in [0.2, 0.25) is 5.91 Å². The Balaban J connectivity index is 1.41. The second kappa shape index (κ2) is 9.06. The standard InChI is InChI=1S/C19H28N2O4/c1-23-16-5-7-17(8-6-16)25-13-3-10-20-9-2-4-18(20)19(22)21-11-14-24-15-12-21/h5-8,18H,2-4,9-15H2,1H3. The molecule has 2 aliphatic rings. The van der Waals surface area contributed by atoms with Crippen molar-refractivity contribution in [3.63, 3.8) is 0 Å². The molecule has 6 nitrogen and oxygen atoms in total. The van der Waals surface area contributed by atoms with Gasteiger partial charge in [-0.1, -0.05) is 0 Å². The topological polar surface area (TPSA) is 51.2 Å². The van der Waals surface area contributed by atoms with E-state index in [2.05, 4.69) is 4.90 Å². The number of hydrogen-bond acceptors (Lipinski definition) is 5. The molecule has 0 N–H and O–H groups in total. The highest BCUT2D eigenvalue weighted by Gasteiger charge is 2.33. The molecule has 3 rings (SSSR count). The Morgan fingerprint density at radius 2 is 1.88 bits per heavy atom. The minimum atomic E-state index is 0.0408. The molecule has 138 valence electrons. The van der Waals surface area contributed by atoms with Crippen molar-refractivity contribution in [2.24, 2.45) is 0 Å². The fourth-order valence-electron chi connectivity index (χ4n) is 3.50. The molecule has 1 aromatic rings. The molecule has 1 unspecified atom stereocenters. The summed E-state index contributed by atoms with van der Waals surface area (Å²) in [5, 5.41) is 0. The summed E-state index contributed by atoms with van der Waals surface area (Å²) in [7, 11) is 1.65. The van der Waals surface area contributed by atoms with Crippen LogP contribution in [0, 0.1) is 0 Å². The van der Waals surface area contributed by atoms with Crippen LogP contribution < -0.4 is 9.47 Å². The average molecular weight is 348 g/mol. The molecule has 6 heteroatoms. The molecule has 1 atom stereocenters. The van der Waals surface area contributed by atoms with Crippen LogP contribution in [0.25, 0.3) is 0 Å². The van der Waals surface area contributed by atoms with Gasteiger partial charge in [0.1, 0.15) is 11.5 Å². The number of rotatable bonds is 7. The van der Waals surface area contributed by atoms with E-state index in [1.54, 1.807) is 7.11 Å². The molecule has 2 aliphatic heterocycles. The van der Waals surface area contributed by atoms with Crippen molar-refractivity contribution in [1.82, 2.24) is 9.80 Å². The lowest BCUT2D eigenvalue weighted by atomic mass is 10.2. The number of benzene rings is 1. The van der Waals surface area contributed by atoms with Crippen molar-refractivity contribution in [1.29, 1.82) is 0 Å². The van der Waals surface area contributed by atoms with Gasteiger partial charge in [-0.3, -0.25) is 9.69 Å². The number of hydrogen-bond donors (Lipinski definition) is 0. The zero-order chi connectivity index (χ0) is 17.5. The summed E-state index contributed by atoms with van der Waals surface area (Å²) >= 11 is 0. The molecular weight excluding hydrogens is 320 g/mol. The van der Waals surface area contributed by atoms with Crippen LogP contribution in [0.5, 0.6) is 11.5 Å². The van der Waals surface area contributed by atoms with Gasteiger partial charge in [0.25, 0.3) is 0 Å². The smallest absolute Gasteiger partial charge is 0.240 e. The highest BCUT2D eigenvalue weighted by Crippen LogP contribution is 2.21. The summed E-state index contributed by atoms with van der Waals surface area (Å²) in [6.45, 7) is 5.33.